The highest BCUT2D eigenvalue weighted by Gasteiger charge is 2.34. The molecule has 0 unspecified atom stereocenters. The monoisotopic (exact) mass is 413 g/mol. The van der Waals surface area contributed by atoms with Crippen molar-refractivity contribution < 1.29 is 9.53 Å². The quantitative estimate of drug-likeness (QED) is 0.789. The Morgan fingerprint density at radius 3 is 3.00 bits per heavy atom. The number of nitrogens with one attached hydrogen (secondary N) is 2. The molecule has 4 heterocycles. The Hall–Kier alpha value is -2.32. The average molecular weight is 414 g/mol. The topological polar surface area (TPSA) is 69.7 Å². The van der Waals surface area contributed by atoms with E-state index in [1.54, 1.807) is 0 Å². The largest absolute Gasteiger partial charge is 0.489 e. The van der Waals surface area contributed by atoms with Crippen molar-refractivity contribution in [1.29, 1.82) is 0 Å². The van der Waals surface area contributed by atoms with E-state index in [-0.39, 0.29) is 11.4 Å². The van der Waals surface area contributed by atoms with Gasteiger partial charge in [-0.15, -0.1) is 0 Å². The second-order valence-electron chi connectivity index (χ2n) is 8.53. The van der Waals surface area contributed by atoms with Gasteiger partial charge in [-0.25, -0.2) is 4.98 Å². The summed E-state index contributed by atoms with van der Waals surface area (Å²) >= 11 is 1.48. The van der Waals surface area contributed by atoms with Gasteiger partial charge in [0.15, 0.2) is 5.13 Å². The van der Waals surface area contributed by atoms with E-state index in [0.717, 1.165) is 72.7 Å². The highest BCUT2D eigenvalue weighted by Crippen LogP contribution is 2.42. The minimum absolute atomic E-state index is 0.0152. The number of nitrogens with zero attached hydrogens (tertiary/aromatic N) is 3. The number of fused-ring (bicyclic) bond motifs is 2. The molecule has 1 saturated heterocycles. The van der Waals surface area contributed by atoms with Crippen molar-refractivity contribution in [3.05, 3.63) is 28.8 Å². The van der Waals surface area contributed by atoms with Crippen molar-refractivity contribution in [3.8, 4) is 5.75 Å². The average Bonchev–Trinajstić information content (AvgIpc) is 2.92. The Balaban J connectivity index is 1.45. The third-order valence-electron chi connectivity index (χ3n) is 5.70. The number of aromatic nitrogens is 1. The minimum Gasteiger partial charge on any atom is -0.489 e. The van der Waals surface area contributed by atoms with Gasteiger partial charge >= 0.3 is 0 Å². The first-order valence-corrected chi connectivity index (χ1v) is 11.1. The van der Waals surface area contributed by atoms with Crippen LogP contribution in [0.2, 0.25) is 0 Å². The third-order valence-corrected chi connectivity index (χ3v) is 6.82. The second-order valence-corrected chi connectivity index (χ2v) is 9.51. The van der Waals surface area contributed by atoms with Gasteiger partial charge in [0.1, 0.15) is 17.2 Å². The van der Waals surface area contributed by atoms with E-state index >= 15 is 0 Å². The zero-order chi connectivity index (χ0) is 20.0. The zero-order valence-corrected chi connectivity index (χ0v) is 17.8. The number of hydrogen-bond acceptors (Lipinski definition) is 7. The van der Waals surface area contributed by atoms with Gasteiger partial charge in [0, 0.05) is 43.3 Å². The number of benzene rings is 1. The zero-order valence-electron chi connectivity index (χ0n) is 17.0. The van der Waals surface area contributed by atoms with Crippen LogP contribution in [0.5, 0.6) is 5.75 Å². The molecule has 5 rings (SSSR count). The van der Waals surface area contributed by atoms with Crippen molar-refractivity contribution in [3.63, 3.8) is 0 Å². The Morgan fingerprint density at radius 1 is 1.21 bits per heavy atom. The molecule has 0 bridgehead atoms. The molecule has 7 nitrogen and oxygen atoms in total. The normalized spacial score (nSPS) is 21.0. The smallest absolute Gasteiger partial charge is 0.263 e. The Bertz CT molecular complexity index is 933. The van der Waals surface area contributed by atoms with Crippen molar-refractivity contribution in [1.82, 2.24) is 15.6 Å². The van der Waals surface area contributed by atoms with Crippen LogP contribution in [-0.4, -0.2) is 55.8 Å². The number of thiazole rings is 1. The van der Waals surface area contributed by atoms with Crippen molar-refractivity contribution >= 4 is 33.8 Å². The fraction of sp³-hybridized carbons (Fsp3) is 0.524. The van der Waals surface area contributed by atoms with Crippen LogP contribution < -0.4 is 25.2 Å². The molecule has 1 amide bonds. The molecule has 0 saturated carbocycles. The minimum atomic E-state index is -0.255. The van der Waals surface area contributed by atoms with E-state index in [2.05, 4.69) is 38.6 Å². The number of amides is 1. The van der Waals surface area contributed by atoms with E-state index in [1.165, 1.54) is 17.0 Å². The summed E-state index contributed by atoms with van der Waals surface area (Å²) in [6.07, 6.45) is 1.90. The maximum absolute atomic E-state index is 12.5. The molecule has 1 aromatic heterocycles. The molecule has 0 radical (unpaired) electrons. The predicted molar refractivity (Wildman–Crippen MR) is 116 cm³/mol. The van der Waals surface area contributed by atoms with E-state index in [9.17, 15) is 4.79 Å². The molecule has 8 heteroatoms. The van der Waals surface area contributed by atoms with Crippen LogP contribution in [0, 0.1) is 0 Å². The molecule has 0 spiro atoms. The van der Waals surface area contributed by atoms with Crippen molar-refractivity contribution in [2.24, 2.45) is 0 Å². The molecule has 2 aromatic rings. The Morgan fingerprint density at radius 2 is 2.10 bits per heavy atom. The highest BCUT2D eigenvalue weighted by molar-refractivity contribution is 7.17. The summed E-state index contributed by atoms with van der Waals surface area (Å²) in [5.74, 6) is 0.877. The number of carbonyl (C=O) groups is 1. The van der Waals surface area contributed by atoms with Gasteiger partial charge in [-0.2, -0.15) is 0 Å². The van der Waals surface area contributed by atoms with Crippen LogP contribution in [0.1, 0.15) is 35.6 Å². The van der Waals surface area contributed by atoms with Gasteiger partial charge in [0.05, 0.1) is 17.9 Å². The predicted octanol–water partition coefficient (Wildman–Crippen LogP) is 2.54. The van der Waals surface area contributed by atoms with Crippen LogP contribution in [0.25, 0.3) is 0 Å². The van der Waals surface area contributed by atoms with E-state index in [4.69, 9.17) is 9.72 Å². The second kappa shape index (κ2) is 7.18. The van der Waals surface area contributed by atoms with Crippen LogP contribution in [0.15, 0.2) is 18.2 Å². The summed E-state index contributed by atoms with van der Waals surface area (Å²) in [4.78, 5) is 22.7. The summed E-state index contributed by atoms with van der Waals surface area (Å²) in [5, 5.41) is 7.40. The highest BCUT2D eigenvalue weighted by atomic mass is 32.1. The molecule has 0 aliphatic carbocycles. The maximum Gasteiger partial charge on any atom is 0.263 e. The Kier molecular flexibility index (Phi) is 4.63. The first-order valence-electron chi connectivity index (χ1n) is 10.3. The van der Waals surface area contributed by atoms with Gasteiger partial charge in [0.25, 0.3) is 5.91 Å². The molecule has 154 valence electrons. The van der Waals surface area contributed by atoms with Crippen LogP contribution in [-0.2, 0) is 6.42 Å². The van der Waals surface area contributed by atoms with Crippen LogP contribution in [0.4, 0.5) is 16.5 Å². The summed E-state index contributed by atoms with van der Waals surface area (Å²) in [6, 6.07) is 6.46. The summed E-state index contributed by atoms with van der Waals surface area (Å²) < 4.78 is 6.01. The van der Waals surface area contributed by atoms with Gasteiger partial charge < -0.3 is 25.2 Å². The summed E-state index contributed by atoms with van der Waals surface area (Å²) in [6.45, 7) is 9.56. The molecule has 1 aromatic carbocycles. The third kappa shape index (κ3) is 3.55. The molecule has 2 N–H and O–H groups in total. The number of hydrogen-bond donors (Lipinski definition) is 2. The molecular formula is C21H27N5O2S. The lowest BCUT2D eigenvalue weighted by molar-refractivity contribution is 0.0901. The fourth-order valence-electron chi connectivity index (χ4n) is 4.29. The molecule has 3 aliphatic heterocycles. The number of ether oxygens (including phenoxy) is 1. The fourth-order valence-corrected chi connectivity index (χ4v) is 5.30. The van der Waals surface area contributed by atoms with Gasteiger partial charge in [-0.3, -0.25) is 4.79 Å². The number of rotatable bonds is 2. The van der Waals surface area contributed by atoms with Gasteiger partial charge in [-0.05, 0) is 38.9 Å². The molecule has 0 atom stereocenters. The van der Waals surface area contributed by atoms with E-state index in [1.807, 2.05) is 13.8 Å². The van der Waals surface area contributed by atoms with Crippen molar-refractivity contribution in [2.45, 2.75) is 32.2 Å². The van der Waals surface area contributed by atoms with E-state index < -0.39 is 0 Å². The maximum atomic E-state index is 12.5. The lowest BCUT2D eigenvalue weighted by atomic mass is 9.94. The van der Waals surface area contributed by atoms with Crippen LogP contribution in [0.3, 0.4) is 0 Å². The molecule has 1 fully saturated rings. The first kappa shape index (κ1) is 18.7. The lowest BCUT2D eigenvalue weighted by Gasteiger charge is -2.31. The molecule has 3 aliphatic rings. The number of carbonyl (C=O) groups excluding carboxylic acids is 1. The summed E-state index contributed by atoms with van der Waals surface area (Å²) in [5.41, 5.74) is 2.88. The SMILES string of the molecule is CC1(C)Cc2nc(N3CCOc4cc(N5CCCNCC5)ccc43)sc2C(=O)N1. The standard InChI is InChI=1S/C21H27N5O2S/c1-21(2)13-15-18(19(27)24-21)29-20(23-15)26-10-11-28-17-12-14(4-5-16(17)26)25-8-3-6-22-7-9-25/h4-5,12,22H,3,6-11,13H2,1-2H3,(H,24,27). The lowest BCUT2D eigenvalue weighted by Crippen LogP contribution is -2.48. The number of anilines is 3. The first-order chi connectivity index (χ1) is 14.0. The summed E-state index contributed by atoms with van der Waals surface area (Å²) in [7, 11) is 0. The van der Waals surface area contributed by atoms with Crippen molar-refractivity contribution in [2.75, 3.05) is 49.1 Å². The van der Waals surface area contributed by atoms with Crippen LogP contribution >= 0.6 is 11.3 Å². The Labute approximate surface area is 175 Å². The van der Waals surface area contributed by atoms with Gasteiger partial charge in [-0.1, -0.05) is 11.3 Å². The van der Waals surface area contributed by atoms with Gasteiger partial charge in [0.2, 0.25) is 0 Å². The molecule has 29 heavy (non-hydrogen) atoms. The van der Waals surface area contributed by atoms with E-state index in [0.29, 0.717) is 6.61 Å². The molecular weight excluding hydrogens is 386 g/mol.